The Balaban J connectivity index is 1.99. The number of benzene rings is 1. The molecule has 0 aliphatic carbocycles. The van der Waals surface area contributed by atoms with Gasteiger partial charge in [0.2, 0.25) is 0 Å². The molecule has 2 aromatic rings. The highest BCUT2D eigenvalue weighted by Gasteiger charge is 2.09. The topological polar surface area (TPSA) is 16.4 Å². The van der Waals surface area contributed by atoms with Gasteiger partial charge in [-0.1, -0.05) is 43.7 Å². The average molecular weight is 322 g/mol. The maximum atomic E-state index is 5.61. The van der Waals surface area contributed by atoms with E-state index in [1.807, 2.05) is 12.1 Å². The fraction of sp³-hybridized carbons (Fsp3) is 0.375. The van der Waals surface area contributed by atoms with Gasteiger partial charge in [0.1, 0.15) is 5.76 Å². The minimum atomic E-state index is 0.803. The van der Waals surface area contributed by atoms with Gasteiger partial charge in [-0.15, -0.1) is 0 Å². The number of halogens is 1. The highest BCUT2D eigenvalue weighted by atomic mass is 79.9. The van der Waals surface area contributed by atoms with E-state index in [9.17, 15) is 0 Å². The van der Waals surface area contributed by atoms with E-state index in [0.29, 0.717) is 0 Å². The van der Waals surface area contributed by atoms with E-state index in [0.717, 1.165) is 30.1 Å². The van der Waals surface area contributed by atoms with Crippen LogP contribution in [0.3, 0.4) is 0 Å². The van der Waals surface area contributed by atoms with Gasteiger partial charge in [0, 0.05) is 6.54 Å². The maximum Gasteiger partial charge on any atom is 0.169 e. The van der Waals surface area contributed by atoms with Crippen LogP contribution in [0.1, 0.15) is 31.1 Å². The lowest BCUT2D eigenvalue weighted by Gasteiger charge is -2.21. The molecule has 1 aromatic carbocycles. The predicted octanol–water partition coefficient (Wildman–Crippen LogP) is 4.84. The van der Waals surface area contributed by atoms with Crippen LogP contribution < -0.4 is 0 Å². The number of furan rings is 1. The first-order valence-corrected chi connectivity index (χ1v) is 7.57. The van der Waals surface area contributed by atoms with E-state index in [2.05, 4.69) is 58.1 Å². The van der Waals surface area contributed by atoms with Crippen LogP contribution in [-0.4, -0.2) is 11.4 Å². The first kappa shape index (κ1) is 14.4. The van der Waals surface area contributed by atoms with Gasteiger partial charge in [0.25, 0.3) is 0 Å². The van der Waals surface area contributed by atoms with Gasteiger partial charge in [0.15, 0.2) is 4.67 Å². The fourth-order valence-corrected chi connectivity index (χ4v) is 2.43. The highest BCUT2D eigenvalue weighted by molar-refractivity contribution is 9.10. The standard InChI is InChI=1S/C16H20BrNO/c1-2-3-11-18(12-14-7-5-4-6-8-14)13-15-9-10-16(17)19-15/h4-10H,2-3,11-13H2,1H3. The third-order valence-electron chi connectivity index (χ3n) is 3.09. The molecule has 19 heavy (non-hydrogen) atoms. The molecule has 0 N–H and O–H groups in total. The number of nitrogens with zero attached hydrogens (tertiary/aromatic N) is 1. The quantitative estimate of drug-likeness (QED) is 0.725. The minimum Gasteiger partial charge on any atom is -0.453 e. The molecular formula is C16H20BrNO. The molecule has 0 saturated carbocycles. The van der Waals surface area contributed by atoms with Crippen molar-refractivity contribution in [1.29, 1.82) is 0 Å². The Morgan fingerprint density at radius 3 is 2.47 bits per heavy atom. The van der Waals surface area contributed by atoms with Crippen molar-refractivity contribution in [3.63, 3.8) is 0 Å². The minimum absolute atomic E-state index is 0.803. The van der Waals surface area contributed by atoms with Crippen LogP contribution in [0.4, 0.5) is 0 Å². The first-order valence-electron chi connectivity index (χ1n) is 6.78. The van der Waals surface area contributed by atoms with Crippen LogP contribution in [0, 0.1) is 0 Å². The molecule has 0 radical (unpaired) electrons. The van der Waals surface area contributed by atoms with E-state index in [-0.39, 0.29) is 0 Å². The van der Waals surface area contributed by atoms with Crippen LogP contribution in [-0.2, 0) is 13.1 Å². The number of hydrogen-bond donors (Lipinski definition) is 0. The smallest absolute Gasteiger partial charge is 0.169 e. The van der Waals surface area contributed by atoms with Crippen molar-refractivity contribution in [1.82, 2.24) is 4.90 Å². The lowest BCUT2D eigenvalue weighted by atomic mass is 10.2. The van der Waals surface area contributed by atoms with Gasteiger partial charge >= 0.3 is 0 Å². The molecule has 102 valence electrons. The van der Waals surface area contributed by atoms with Gasteiger partial charge in [0.05, 0.1) is 6.54 Å². The van der Waals surface area contributed by atoms with Gasteiger partial charge in [-0.3, -0.25) is 4.90 Å². The van der Waals surface area contributed by atoms with Crippen LogP contribution >= 0.6 is 15.9 Å². The maximum absolute atomic E-state index is 5.61. The molecule has 0 amide bonds. The molecule has 1 heterocycles. The molecule has 0 fully saturated rings. The largest absolute Gasteiger partial charge is 0.453 e. The Kier molecular flexibility index (Phi) is 5.67. The van der Waals surface area contributed by atoms with E-state index < -0.39 is 0 Å². The third kappa shape index (κ3) is 4.84. The zero-order chi connectivity index (χ0) is 13.5. The van der Waals surface area contributed by atoms with Crippen LogP contribution in [0.5, 0.6) is 0 Å². The molecule has 2 nitrogen and oxygen atoms in total. The Bertz CT molecular complexity index is 481. The summed E-state index contributed by atoms with van der Waals surface area (Å²) in [5.74, 6) is 1.01. The molecule has 0 aliphatic heterocycles. The first-order chi connectivity index (χ1) is 9.28. The number of unbranched alkanes of at least 4 members (excludes halogenated alkanes) is 1. The fourth-order valence-electron chi connectivity index (χ4n) is 2.09. The lowest BCUT2D eigenvalue weighted by Crippen LogP contribution is -2.23. The molecule has 0 unspecified atom stereocenters. The van der Waals surface area contributed by atoms with E-state index >= 15 is 0 Å². The van der Waals surface area contributed by atoms with Crippen molar-refractivity contribution in [2.24, 2.45) is 0 Å². The summed E-state index contributed by atoms with van der Waals surface area (Å²) in [7, 11) is 0. The summed E-state index contributed by atoms with van der Waals surface area (Å²) in [4.78, 5) is 2.43. The average Bonchev–Trinajstić information content (AvgIpc) is 2.82. The SMILES string of the molecule is CCCCN(Cc1ccccc1)Cc1ccc(Br)o1. The second-order valence-electron chi connectivity index (χ2n) is 4.76. The predicted molar refractivity (Wildman–Crippen MR) is 81.9 cm³/mol. The molecule has 2 rings (SSSR count). The summed E-state index contributed by atoms with van der Waals surface area (Å²) in [6, 6.07) is 14.6. The van der Waals surface area contributed by atoms with Crippen molar-refractivity contribution < 1.29 is 4.42 Å². The Morgan fingerprint density at radius 2 is 1.84 bits per heavy atom. The Hall–Kier alpha value is -1.06. The Labute approximate surface area is 123 Å². The number of rotatable bonds is 7. The summed E-state index contributed by atoms with van der Waals surface area (Å²) in [5.41, 5.74) is 1.35. The van der Waals surface area contributed by atoms with E-state index in [1.165, 1.54) is 18.4 Å². The van der Waals surface area contributed by atoms with E-state index in [1.54, 1.807) is 0 Å². The van der Waals surface area contributed by atoms with Gasteiger partial charge in [-0.25, -0.2) is 0 Å². The highest BCUT2D eigenvalue weighted by Crippen LogP contribution is 2.17. The molecule has 3 heteroatoms. The number of hydrogen-bond acceptors (Lipinski definition) is 2. The normalized spacial score (nSPS) is 11.1. The molecule has 0 aliphatic rings. The molecular weight excluding hydrogens is 302 g/mol. The molecule has 1 aromatic heterocycles. The van der Waals surface area contributed by atoms with E-state index in [4.69, 9.17) is 4.42 Å². The van der Waals surface area contributed by atoms with Crippen molar-refractivity contribution in [2.45, 2.75) is 32.9 Å². The molecule has 0 bridgehead atoms. The van der Waals surface area contributed by atoms with Crippen molar-refractivity contribution in [3.05, 3.63) is 58.5 Å². The lowest BCUT2D eigenvalue weighted by molar-refractivity contribution is 0.230. The van der Waals surface area contributed by atoms with Crippen molar-refractivity contribution in [2.75, 3.05) is 6.54 Å². The van der Waals surface area contributed by atoms with Crippen LogP contribution in [0.25, 0.3) is 0 Å². The zero-order valence-corrected chi connectivity index (χ0v) is 12.9. The van der Waals surface area contributed by atoms with Gasteiger partial charge < -0.3 is 4.42 Å². The second kappa shape index (κ2) is 7.51. The summed E-state index contributed by atoms with van der Waals surface area (Å²) in [6.07, 6.45) is 2.43. The van der Waals surface area contributed by atoms with Gasteiger partial charge in [-0.2, -0.15) is 0 Å². The van der Waals surface area contributed by atoms with Gasteiger partial charge in [-0.05, 0) is 46.6 Å². The summed E-state index contributed by atoms with van der Waals surface area (Å²) in [6.45, 7) is 5.16. The molecule has 0 spiro atoms. The third-order valence-corrected chi connectivity index (χ3v) is 3.51. The summed E-state index contributed by atoms with van der Waals surface area (Å²) in [5, 5.41) is 0. The summed E-state index contributed by atoms with van der Waals surface area (Å²) < 4.78 is 6.41. The van der Waals surface area contributed by atoms with Crippen LogP contribution in [0.2, 0.25) is 0 Å². The van der Waals surface area contributed by atoms with Crippen molar-refractivity contribution in [3.8, 4) is 0 Å². The summed E-state index contributed by atoms with van der Waals surface area (Å²) >= 11 is 3.36. The van der Waals surface area contributed by atoms with Crippen molar-refractivity contribution >= 4 is 15.9 Å². The Morgan fingerprint density at radius 1 is 1.05 bits per heavy atom. The monoisotopic (exact) mass is 321 g/mol. The molecule has 0 atom stereocenters. The second-order valence-corrected chi connectivity index (χ2v) is 5.54. The zero-order valence-electron chi connectivity index (χ0n) is 11.3. The van der Waals surface area contributed by atoms with Crippen LogP contribution in [0.15, 0.2) is 51.6 Å². The molecule has 0 saturated heterocycles.